The Bertz CT molecular complexity index is 963. The number of aryl methyl sites for hydroxylation is 1. The molecule has 2 aromatic heterocycles. The highest BCUT2D eigenvalue weighted by Gasteiger charge is 2.12. The van der Waals surface area contributed by atoms with Gasteiger partial charge >= 0.3 is 0 Å². The van der Waals surface area contributed by atoms with Gasteiger partial charge in [-0.2, -0.15) is 0 Å². The number of carbonyl (C=O) groups is 1. The molecule has 0 saturated carbocycles. The molecule has 0 spiro atoms. The van der Waals surface area contributed by atoms with Gasteiger partial charge in [-0.25, -0.2) is 9.97 Å². The molecule has 0 atom stereocenters. The number of anilines is 2. The Kier molecular flexibility index (Phi) is 6.01. The lowest BCUT2D eigenvalue weighted by atomic mass is 10.2. The van der Waals surface area contributed by atoms with E-state index in [1.165, 1.54) is 0 Å². The summed E-state index contributed by atoms with van der Waals surface area (Å²) in [5.74, 6) is 1.25. The molecular formula is C20H21N5O3. The molecule has 8 heteroatoms. The Morgan fingerprint density at radius 1 is 1.11 bits per heavy atom. The summed E-state index contributed by atoms with van der Waals surface area (Å²) in [4.78, 5) is 25.2. The van der Waals surface area contributed by atoms with Crippen molar-refractivity contribution in [2.45, 2.75) is 13.5 Å². The second-order valence-corrected chi connectivity index (χ2v) is 5.95. The number of ether oxygens (including phenoxy) is 2. The van der Waals surface area contributed by atoms with Crippen LogP contribution in [0.3, 0.4) is 0 Å². The smallest absolute Gasteiger partial charge is 0.270 e. The van der Waals surface area contributed by atoms with E-state index in [0.717, 1.165) is 5.56 Å². The second kappa shape index (κ2) is 8.81. The van der Waals surface area contributed by atoms with E-state index in [-0.39, 0.29) is 11.6 Å². The number of aromatic nitrogens is 3. The maximum absolute atomic E-state index is 12.5. The average molecular weight is 379 g/mol. The van der Waals surface area contributed by atoms with Crippen LogP contribution in [0.2, 0.25) is 0 Å². The molecule has 0 aliphatic rings. The quantitative estimate of drug-likeness (QED) is 0.651. The summed E-state index contributed by atoms with van der Waals surface area (Å²) in [7, 11) is 3.15. The third-order valence-corrected chi connectivity index (χ3v) is 3.92. The predicted octanol–water partition coefficient (Wildman–Crippen LogP) is 2.87. The van der Waals surface area contributed by atoms with Crippen LogP contribution >= 0.6 is 0 Å². The molecule has 28 heavy (non-hydrogen) atoms. The zero-order valence-corrected chi connectivity index (χ0v) is 15.9. The van der Waals surface area contributed by atoms with Crippen molar-refractivity contribution in [3.63, 3.8) is 0 Å². The van der Waals surface area contributed by atoms with Crippen LogP contribution in [-0.4, -0.2) is 35.1 Å². The first-order valence-electron chi connectivity index (χ1n) is 8.61. The maximum Gasteiger partial charge on any atom is 0.270 e. The van der Waals surface area contributed by atoms with E-state index in [0.29, 0.717) is 35.4 Å². The van der Waals surface area contributed by atoms with Crippen LogP contribution in [0.25, 0.3) is 0 Å². The number of carbonyl (C=O) groups excluding carboxylic acids is 1. The number of hydrogen-bond acceptors (Lipinski definition) is 7. The van der Waals surface area contributed by atoms with Gasteiger partial charge in [0.15, 0.2) is 0 Å². The molecule has 0 aliphatic carbocycles. The molecule has 8 nitrogen and oxygen atoms in total. The highest BCUT2D eigenvalue weighted by molar-refractivity contribution is 5.92. The fourth-order valence-electron chi connectivity index (χ4n) is 2.54. The number of hydrogen-bond donors (Lipinski definition) is 2. The number of nitrogens with zero attached hydrogens (tertiary/aromatic N) is 3. The number of rotatable bonds is 7. The summed E-state index contributed by atoms with van der Waals surface area (Å²) in [5.41, 5.74) is 2.50. The largest absolute Gasteiger partial charge is 0.497 e. The SMILES string of the molecule is COc1ccc(Nc2nc(C)cc(C(=O)NCc3cccnc3)n2)c(OC)c1. The van der Waals surface area contributed by atoms with Gasteiger partial charge in [-0.3, -0.25) is 9.78 Å². The lowest BCUT2D eigenvalue weighted by Gasteiger charge is -2.12. The summed E-state index contributed by atoms with van der Waals surface area (Å²) in [6.07, 6.45) is 3.39. The Hall–Kier alpha value is -3.68. The van der Waals surface area contributed by atoms with E-state index in [1.54, 1.807) is 57.8 Å². The normalized spacial score (nSPS) is 10.2. The van der Waals surface area contributed by atoms with Gasteiger partial charge in [0.2, 0.25) is 5.95 Å². The number of benzene rings is 1. The van der Waals surface area contributed by atoms with Gasteiger partial charge in [-0.1, -0.05) is 6.07 Å². The highest BCUT2D eigenvalue weighted by atomic mass is 16.5. The van der Waals surface area contributed by atoms with E-state index < -0.39 is 0 Å². The molecule has 1 aromatic carbocycles. The van der Waals surface area contributed by atoms with Crippen molar-refractivity contribution in [3.05, 3.63) is 65.7 Å². The van der Waals surface area contributed by atoms with Crippen molar-refractivity contribution in [2.24, 2.45) is 0 Å². The molecule has 0 aliphatic heterocycles. The number of amides is 1. The summed E-state index contributed by atoms with van der Waals surface area (Å²) in [6.45, 7) is 2.17. The van der Waals surface area contributed by atoms with E-state index >= 15 is 0 Å². The highest BCUT2D eigenvalue weighted by Crippen LogP contribution is 2.30. The number of methoxy groups -OCH3 is 2. The van der Waals surface area contributed by atoms with Gasteiger partial charge < -0.3 is 20.1 Å². The Morgan fingerprint density at radius 3 is 2.68 bits per heavy atom. The fourth-order valence-corrected chi connectivity index (χ4v) is 2.54. The summed E-state index contributed by atoms with van der Waals surface area (Å²) in [6, 6.07) is 10.7. The minimum atomic E-state index is -0.293. The second-order valence-electron chi connectivity index (χ2n) is 5.95. The van der Waals surface area contributed by atoms with Crippen molar-refractivity contribution in [1.82, 2.24) is 20.3 Å². The van der Waals surface area contributed by atoms with Crippen LogP contribution < -0.4 is 20.1 Å². The topological polar surface area (TPSA) is 98.3 Å². The minimum absolute atomic E-state index is 0.270. The molecular weight excluding hydrogens is 358 g/mol. The molecule has 0 bridgehead atoms. The number of pyridine rings is 1. The van der Waals surface area contributed by atoms with Crippen molar-refractivity contribution in [2.75, 3.05) is 19.5 Å². The molecule has 3 rings (SSSR count). The Balaban J connectivity index is 1.77. The van der Waals surface area contributed by atoms with Gasteiger partial charge in [-0.15, -0.1) is 0 Å². The lowest BCUT2D eigenvalue weighted by molar-refractivity contribution is 0.0945. The van der Waals surface area contributed by atoms with E-state index in [1.807, 2.05) is 12.1 Å². The fraction of sp³-hybridized carbons (Fsp3) is 0.200. The van der Waals surface area contributed by atoms with Crippen molar-refractivity contribution in [3.8, 4) is 11.5 Å². The van der Waals surface area contributed by atoms with E-state index in [4.69, 9.17) is 9.47 Å². The van der Waals surface area contributed by atoms with Crippen LogP contribution in [0.5, 0.6) is 11.5 Å². The van der Waals surface area contributed by atoms with Crippen molar-refractivity contribution >= 4 is 17.5 Å². The molecule has 0 fully saturated rings. The number of nitrogens with one attached hydrogen (secondary N) is 2. The van der Waals surface area contributed by atoms with Crippen LogP contribution in [0.4, 0.5) is 11.6 Å². The summed E-state index contributed by atoms with van der Waals surface area (Å²) in [5, 5.41) is 5.92. The predicted molar refractivity (Wildman–Crippen MR) is 105 cm³/mol. The zero-order valence-electron chi connectivity index (χ0n) is 15.9. The first kappa shape index (κ1) is 19.1. The summed E-state index contributed by atoms with van der Waals surface area (Å²) < 4.78 is 10.6. The molecule has 3 aromatic rings. The minimum Gasteiger partial charge on any atom is -0.497 e. The monoisotopic (exact) mass is 379 g/mol. The molecule has 0 unspecified atom stereocenters. The Labute approximate surface area is 163 Å². The first-order chi connectivity index (χ1) is 13.6. The Morgan fingerprint density at radius 2 is 1.96 bits per heavy atom. The average Bonchev–Trinajstić information content (AvgIpc) is 2.72. The van der Waals surface area contributed by atoms with Crippen LogP contribution in [-0.2, 0) is 6.54 Å². The molecule has 0 saturated heterocycles. The van der Waals surface area contributed by atoms with E-state index in [9.17, 15) is 4.79 Å². The summed E-state index contributed by atoms with van der Waals surface area (Å²) >= 11 is 0. The van der Waals surface area contributed by atoms with Gasteiger partial charge in [0.25, 0.3) is 5.91 Å². The van der Waals surface area contributed by atoms with Gasteiger partial charge in [0.1, 0.15) is 17.2 Å². The van der Waals surface area contributed by atoms with E-state index in [2.05, 4.69) is 25.6 Å². The molecule has 2 N–H and O–H groups in total. The van der Waals surface area contributed by atoms with Gasteiger partial charge in [0.05, 0.1) is 19.9 Å². The standard InChI is InChI=1S/C20H21N5O3/c1-13-9-17(19(26)22-12-14-5-4-8-21-11-14)25-20(23-13)24-16-7-6-15(27-2)10-18(16)28-3/h4-11H,12H2,1-3H3,(H,22,26)(H,23,24,25). The lowest BCUT2D eigenvalue weighted by Crippen LogP contribution is -2.24. The molecule has 1 amide bonds. The maximum atomic E-state index is 12.5. The van der Waals surface area contributed by atoms with Gasteiger partial charge in [-0.05, 0) is 36.8 Å². The van der Waals surface area contributed by atoms with Crippen molar-refractivity contribution in [1.29, 1.82) is 0 Å². The van der Waals surface area contributed by atoms with Crippen LogP contribution in [0.1, 0.15) is 21.7 Å². The third kappa shape index (κ3) is 4.73. The first-order valence-corrected chi connectivity index (χ1v) is 8.61. The zero-order chi connectivity index (χ0) is 19.9. The third-order valence-electron chi connectivity index (χ3n) is 3.92. The van der Waals surface area contributed by atoms with Crippen molar-refractivity contribution < 1.29 is 14.3 Å². The van der Waals surface area contributed by atoms with Crippen LogP contribution in [0.15, 0.2) is 48.8 Å². The van der Waals surface area contributed by atoms with Gasteiger partial charge in [0, 0.05) is 30.7 Å². The molecule has 144 valence electrons. The molecule has 2 heterocycles. The van der Waals surface area contributed by atoms with Crippen LogP contribution in [0, 0.1) is 6.92 Å². The molecule has 0 radical (unpaired) electrons.